The first-order valence-electron chi connectivity index (χ1n) is 10.0. The van der Waals surface area contributed by atoms with Crippen LogP contribution < -0.4 is 0 Å². The molecule has 0 fully saturated rings. The largest absolute Gasteiger partial charge is 0.465 e. The fourth-order valence-electron chi connectivity index (χ4n) is 4.44. The maximum atomic E-state index is 13.3. The van der Waals surface area contributed by atoms with Crippen LogP contribution in [0.15, 0.2) is 71.0 Å². The molecule has 0 spiro atoms. The van der Waals surface area contributed by atoms with Crippen molar-refractivity contribution in [2.24, 2.45) is 10.9 Å². The molecule has 0 bridgehead atoms. The van der Waals surface area contributed by atoms with Crippen LogP contribution in [0, 0.1) is 5.92 Å². The Morgan fingerprint density at radius 1 is 1.10 bits per heavy atom. The maximum absolute atomic E-state index is 13.3. The fraction of sp³-hybridized carbons (Fsp3) is 0.333. The van der Waals surface area contributed by atoms with Crippen LogP contribution in [0.2, 0.25) is 0 Å². The maximum Gasteiger partial charge on any atom is 0.315 e. The van der Waals surface area contributed by atoms with Gasteiger partial charge in [-0.15, -0.1) is 0 Å². The van der Waals surface area contributed by atoms with E-state index in [1.807, 2.05) is 43.3 Å². The summed E-state index contributed by atoms with van der Waals surface area (Å²) in [4.78, 5) is 35.3. The number of esters is 1. The summed E-state index contributed by atoms with van der Waals surface area (Å²) in [6.45, 7) is 3.91. The lowest BCUT2D eigenvalue weighted by Crippen LogP contribution is -2.38. The third-order valence-electron chi connectivity index (χ3n) is 5.71. The van der Waals surface area contributed by atoms with E-state index in [9.17, 15) is 9.59 Å². The lowest BCUT2D eigenvalue weighted by Gasteiger charge is -2.36. The van der Waals surface area contributed by atoms with E-state index in [1.165, 1.54) is 0 Å². The van der Waals surface area contributed by atoms with Crippen molar-refractivity contribution in [3.05, 3.63) is 77.3 Å². The first-order chi connectivity index (χ1) is 14.1. The van der Waals surface area contributed by atoms with Gasteiger partial charge in [-0.05, 0) is 43.9 Å². The van der Waals surface area contributed by atoms with Gasteiger partial charge in [0.05, 0.1) is 12.5 Å². The minimum absolute atomic E-state index is 0.0429. The molecule has 0 saturated heterocycles. The molecule has 1 aliphatic heterocycles. The lowest BCUT2D eigenvalue weighted by atomic mass is 9.70. The highest BCUT2D eigenvalue weighted by Crippen LogP contribution is 2.46. The average Bonchev–Trinajstić information content (AvgIpc) is 2.74. The van der Waals surface area contributed by atoms with E-state index in [1.54, 1.807) is 13.1 Å². The van der Waals surface area contributed by atoms with Gasteiger partial charge in [0.25, 0.3) is 0 Å². The third kappa shape index (κ3) is 3.65. The number of carbonyl (C=O) groups excluding carboxylic acids is 2. The van der Waals surface area contributed by atoms with Crippen molar-refractivity contribution in [1.82, 2.24) is 4.98 Å². The topological polar surface area (TPSA) is 68.6 Å². The highest BCUT2D eigenvalue weighted by Gasteiger charge is 2.45. The van der Waals surface area contributed by atoms with Crippen molar-refractivity contribution in [3.63, 3.8) is 0 Å². The zero-order valence-corrected chi connectivity index (χ0v) is 16.7. The van der Waals surface area contributed by atoms with Crippen molar-refractivity contribution in [3.8, 4) is 0 Å². The molecular formula is C24H24N2O3. The number of benzene rings is 1. The summed E-state index contributed by atoms with van der Waals surface area (Å²) in [5.74, 6) is -1.29. The molecule has 0 radical (unpaired) electrons. The van der Waals surface area contributed by atoms with Crippen molar-refractivity contribution in [1.29, 1.82) is 0 Å². The molecule has 4 rings (SSSR count). The van der Waals surface area contributed by atoms with Crippen molar-refractivity contribution >= 4 is 17.5 Å². The lowest BCUT2D eigenvalue weighted by molar-refractivity contribution is -0.146. The van der Waals surface area contributed by atoms with Crippen LogP contribution in [-0.2, 0) is 14.3 Å². The monoisotopic (exact) mass is 388 g/mol. The summed E-state index contributed by atoms with van der Waals surface area (Å²) < 4.78 is 5.33. The zero-order chi connectivity index (χ0) is 20.4. The number of hydrogen-bond acceptors (Lipinski definition) is 5. The summed E-state index contributed by atoms with van der Waals surface area (Å²) in [6.07, 6.45) is 2.79. The highest BCUT2D eigenvalue weighted by atomic mass is 16.5. The van der Waals surface area contributed by atoms with Gasteiger partial charge in [-0.3, -0.25) is 19.6 Å². The predicted molar refractivity (Wildman–Crippen MR) is 111 cm³/mol. The fourth-order valence-corrected chi connectivity index (χ4v) is 4.44. The number of ketones is 1. The van der Waals surface area contributed by atoms with E-state index < -0.39 is 11.8 Å². The molecule has 2 heterocycles. The molecule has 0 saturated carbocycles. The highest BCUT2D eigenvalue weighted by molar-refractivity contribution is 6.09. The number of nitrogens with zero attached hydrogens (tertiary/aromatic N) is 2. The molecule has 2 aromatic rings. The second-order valence-electron chi connectivity index (χ2n) is 7.51. The number of allylic oxidation sites excluding steroid dienone is 2. The van der Waals surface area contributed by atoms with Gasteiger partial charge >= 0.3 is 5.97 Å². The molecule has 1 aliphatic carbocycles. The van der Waals surface area contributed by atoms with Crippen LogP contribution >= 0.6 is 0 Å². The van der Waals surface area contributed by atoms with Gasteiger partial charge in [-0.1, -0.05) is 36.4 Å². The first-order valence-corrected chi connectivity index (χ1v) is 10.0. The summed E-state index contributed by atoms with van der Waals surface area (Å²) in [5, 5.41) is 0. The Hall–Kier alpha value is -3.08. The third-order valence-corrected chi connectivity index (χ3v) is 5.71. The van der Waals surface area contributed by atoms with Gasteiger partial charge in [0.15, 0.2) is 5.78 Å². The van der Waals surface area contributed by atoms with Gasteiger partial charge in [0.2, 0.25) is 0 Å². The molecule has 0 N–H and O–H groups in total. The zero-order valence-electron chi connectivity index (χ0n) is 16.7. The van der Waals surface area contributed by atoms with E-state index in [2.05, 4.69) is 17.1 Å². The Kier molecular flexibility index (Phi) is 5.38. The van der Waals surface area contributed by atoms with Crippen LogP contribution in [0.1, 0.15) is 49.8 Å². The predicted octanol–water partition coefficient (Wildman–Crippen LogP) is 4.22. The van der Waals surface area contributed by atoms with Crippen LogP contribution in [0.3, 0.4) is 0 Å². The standard InChI is InChI=1S/C24H24N2O3/c1-3-29-24(28)21-15(2)26-19-13-17(16-9-5-4-6-10-16)14-20(27)22(19)23(21)18-11-7-8-12-25-18/h4-12,17,21,23H,3,13-14H2,1-2H3/t17-,21?,23+/m0/s1. The molecular weight excluding hydrogens is 364 g/mol. The summed E-state index contributed by atoms with van der Waals surface area (Å²) in [7, 11) is 0. The van der Waals surface area contributed by atoms with Gasteiger partial charge in [-0.25, -0.2) is 0 Å². The molecule has 5 heteroatoms. The Morgan fingerprint density at radius 3 is 2.55 bits per heavy atom. The number of aromatic nitrogens is 1. The number of carbonyl (C=O) groups is 2. The quantitative estimate of drug-likeness (QED) is 0.736. The molecule has 148 valence electrons. The molecule has 0 amide bonds. The number of hydrogen-bond donors (Lipinski definition) is 0. The van der Waals surface area contributed by atoms with Gasteiger partial charge in [0.1, 0.15) is 5.92 Å². The average molecular weight is 388 g/mol. The molecule has 1 aromatic carbocycles. The second-order valence-corrected chi connectivity index (χ2v) is 7.51. The number of Topliss-reactive ketones (excluding diaryl/α,β-unsaturated/α-hetero) is 1. The van der Waals surface area contributed by atoms with Gasteiger partial charge < -0.3 is 4.74 Å². The molecule has 1 unspecified atom stereocenters. The van der Waals surface area contributed by atoms with Crippen LogP contribution in [0.25, 0.3) is 0 Å². The number of aliphatic imine (C=N–C) groups is 1. The van der Waals surface area contributed by atoms with E-state index in [4.69, 9.17) is 9.73 Å². The van der Waals surface area contributed by atoms with E-state index in [0.717, 1.165) is 11.3 Å². The van der Waals surface area contributed by atoms with Gasteiger partial charge in [0, 0.05) is 35.3 Å². The van der Waals surface area contributed by atoms with Crippen LogP contribution in [0.4, 0.5) is 0 Å². The van der Waals surface area contributed by atoms with Crippen LogP contribution in [0.5, 0.6) is 0 Å². The Labute approximate surface area is 170 Å². The second kappa shape index (κ2) is 8.11. The van der Waals surface area contributed by atoms with Crippen molar-refractivity contribution in [2.75, 3.05) is 6.61 Å². The van der Waals surface area contributed by atoms with E-state index >= 15 is 0 Å². The van der Waals surface area contributed by atoms with Crippen LogP contribution in [-0.4, -0.2) is 29.1 Å². The Bertz CT molecular complexity index is 980. The Balaban J connectivity index is 1.79. The molecule has 1 aromatic heterocycles. The number of pyridine rings is 1. The summed E-state index contributed by atoms with van der Waals surface area (Å²) in [6, 6.07) is 15.7. The molecule has 2 aliphatic rings. The van der Waals surface area contributed by atoms with E-state index in [-0.39, 0.29) is 24.3 Å². The number of rotatable bonds is 4. The normalized spacial score (nSPS) is 24.0. The summed E-state index contributed by atoms with van der Waals surface area (Å²) in [5.41, 5.74) is 3.93. The SMILES string of the molecule is CCOC(=O)C1C(C)=NC2=C(C(=O)C[C@@H](c3ccccc3)C2)[C@@H]1c1ccccn1. The minimum Gasteiger partial charge on any atom is -0.465 e. The molecule has 3 atom stereocenters. The van der Waals surface area contributed by atoms with Crippen molar-refractivity contribution < 1.29 is 14.3 Å². The minimum atomic E-state index is -0.624. The Morgan fingerprint density at radius 2 is 1.86 bits per heavy atom. The molecule has 5 nitrogen and oxygen atoms in total. The summed E-state index contributed by atoms with van der Waals surface area (Å²) >= 11 is 0. The van der Waals surface area contributed by atoms with Crippen molar-refractivity contribution in [2.45, 2.75) is 38.5 Å². The molecule has 29 heavy (non-hydrogen) atoms. The smallest absolute Gasteiger partial charge is 0.315 e. The van der Waals surface area contributed by atoms with Gasteiger partial charge in [-0.2, -0.15) is 0 Å². The van der Waals surface area contributed by atoms with E-state index in [0.29, 0.717) is 29.8 Å². The first kappa shape index (κ1) is 19.2. The number of ether oxygens (including phenoxy) is 1.